The monoisotopic (exact) mass is 189 g/mol. The Bertz CT molecular complexity index is 346. The predicted molar refractivity (Wildman–Crippen MR) is 59.9 cm³/mol. The topological polar surface area (TPSA) is 12.5 Å². The maximum atomic E-state index is 5.61. The van der Waals surface area contributed by atoms with Crippen LogP contribution in [0, 0.1) is 0 Å². The molecule has 74 valence electrons. The van der Waals surface area contributed by atoms with E-state index in [-0.39, 0.29) is 0 Å². The van der Waals surface area contributed by atoms with Crippen LogP contribution < -0.4 is 9.64 Å². The molecule has 0 atom stereocenters. The summed E-state index contributed by atoms with van der Waals surface area (Å²) in [5.41, 5.74) is 2.31. The van der Waals surface area contributed by atoms with Crippen LogP contribution in [0.3, 0.4) is 0 Å². The third-order valence-corrected chi connectivity index (χ3v) is 2.56. The van der Waals surface area contributed by atoms with Gasteiger partial charge in [-0.2, -0.15) is 0 Å². The lowest BCUT2D eigenvalue weighted by atomic mass is 10.1. The molecule has 1 aromatic rings. The van der Waals surface area contributed by atoms with Crippen molar-refractivity contribution in [1.29, 1.82) is 0 Å². The summed E-state index contributed by atoms with van der Waals surface area (Å²) in [6.45, 7) is 8.71. The number of nitrogens with zero attached hydrogens (tertiary/aromatic N) is 1. The SMILES string of the molecule is C=Cc1ccc2c(c1)OCCN2CC. The van der Waals surface area contributed by atoms with E-state index in [1.54, 1.807) is 0 Å². The molecule has 0 amide bonds. The van der Waals surface area contributed by atoms with Crippen molar-refractivity contribution in [2.75, 3.05) is 24.6 Å². The Kier molecular flexibility index (Phi) is 2.44. The molecule has 0 unspecified atom stereocenters. The fraction of sp³-hybridized carbons (Fsp3) is 0.333. The number of likely N-dealkylation sites (N-methyl/N-ethyl adjacent to an activating group) is 1. The molecule has 0 fully saturated rings. The van der Waals surface area contributed by atoms with Crippen molar-refractivity contribution >= 4 is 11.8 Å². The van der Waals surface area contributed by atoms with E-state index in [9.17, 15) is 0 Å². The van der Waals surface area contributed by atoms with Crippen LogP contribution in [0.25, 0.3) is 6.08 Å². The molecule has 0 bridgehead atoms. The van der Waals surface area contributed by atoms with Crippen LogP contribution in [0.15, 0.2) is 24.8 Å². The molecule has 0 aromatic heterocycles. The summed E-state index contributed by atoms with van der Waals surface area (Å²) in [6, 6.07) is 6.22. The summed E-state index contributed by atoms with van der Waals surface area (Å²) < 4.78 is 5.61. The van der Waals surface area contributed by atoms with E-state index in [1.165, 1.54) is 5.69 Å². The fourth-order valence-electron chi connectivity index (χ4n) is 1.75. The summed E-state index contributed by atoms with van der Waals surface area (Å²) in [4.78, 5) is 2.33. The number of hydrogen-bond acceptors (Lipinski definition) is 2. The molecule has 2 nitrogen and oxygen atoms in total. The Labute approximate surface area is 84.8 Å². The highest BCUT2D eigenvalue weighted by Crippen LogP contribution is 2.32. The van der Waals surface area contributed by atoms with Crippen LogP contribution in [0.4, 0.5) is 5.69 Å². The van der Waals surface area contributed by atoms with Gasteiger partial charge in [-0.1, -0.05) is 18.7 Å². The summed E-state index contributed by atoms with van der Waals surface area (Å²) >= 11 is 0. The molecule has 14 heavy (non-hydrogen) atoms. The van der Waals surface area contributed by atoms with Crippen molar-refractivity contribution in [2.45, 2.75) is 6.92 Å². The van der Waals surface area contributed by atoms with Crippen LogP contribution in [-0.4, -0.2) is 19.7 Å². The van der Waals surface area contributed by atoms with E-state index in [4.69, 9.17) is 4.74 Å². The van der Waals surface area contributed by atoms with Gasteiger partial charge in [-0.05, 0) is 24.6 Å². The van der Waals surface area contributed by atoms with Crippen LogP contribution in [0.2, 0.25) is 0 Å². The molecular weight excluding hydrogens is 174 g/mol. The van der Waals surface area contributed by atoms with Gasteiger partial charge in [-0.3, -0.25) is 0 Å². The molecule has 1 heterocycles. The maximum absolute atomic E-state index is 5.61. The third-order valence-electron chi connectivity index (χ3n) is 2.56. The lowest BCUT2D eigenvalue weighted by molar-refractivity contribution is 0.308. The van der Waals surface area contributed by atoms with Crippen molar-refractivity contribution in [1.82, 2.24) is 0 Å². The van der Waals surface area contributed by atoms with Gasteiger partial charge in [0.15, 0.2) is 0 Å². The Morgan fingerprint density at radius 1 is 1.57 bits per heavy atom. The van der Waals surface area contributed by atoms with Gasteiger partial charge in [0.1, 0.15) is 12.4 Å². The number of anilines is 1. The average molecular weight is 189 g/mol. The van der Waals surface area contributed by atoms with E-state index >= 15 is 0 Å². The van der Waals surface area contributed by atoms with Gasteiger partial charge in [0.25, 0.3) is 0 Å². The number of rotatable bonds is 2. The summed E-state index contributed by atoms with van der Waals surface area (Å²) in [5, 5.41) is 0. The van der Waals surface area contributed by atoms with Gasteiger partial charge < -0.3 is 9.64 Å². The normalized spacial score (nSPS) is 14.5. The first-order valence-electron chi connectivity index (χ1n) is 4.99. The predicted octanol–water partition coefficient (Wildman–Crippen LogP) is 2.55. The Morgan fingerprint density at radius 2 is 2.43 bits per heavy atom. The Hall–Kier alpha value is -1.44. The number of fused-ring (bicyclic) bond motifs is 1. The first-order chi connectivity index (χ1) is 6.85. The van der Waals surface area contributed by atoms with Gasteiger partial charge in [-0.15, -0.1) is 0 Å². The Balaban J connectivity index is 2.40. The van der Waals surface area contributed by atoms with Crippen LogP contribution in [0.5, 0.6) is 5.75 Å². The highest BCUT2D eigenvalue weighted by Gasteiger charge is 2.15. The van der Waals surface area contributed by atoms with Gasteiger partial charge in [0.2, 0.25) is 0 Å². The van der Waals surface area contributed by atoms with Crippen molar-refractivity contribution in [3.63, 3.8) is 0 Å². The highest BCUT2D eigenvalue weighted by atomic mass is 16.5. The first-order valence-corrected chi connectivity index (χ1v) is 4.99. The van der Waals surface area contributed by atoms with Gasteiger partial charge in [0.05, 0.1) is 12.2 Å². The van der Waals surface area contributed by atoms with Crippen molar-refractivity contribution in [2.24, 2.45) is 0 Å². The standard InChI is InChI=1S/C12H15NO/c1-3-10-5-6-11-12(9-10)14-8-7-13(11)4-2/h3,5-6,9H,1,4,7-8H2,2H3. The lowest BCUT2D eigenvalue weighted by Crippen LogP contribution is -2.32. The van der Waals surface area contributed by atoms with Gasteiger partial charge >= 0.3 is 0 Å². The second-order valence-corrected chi connectivity index (χ2v) is 3.36. The summed E-state index contributed by atoms with van der Waals surface area (Å²) in [5.74, 6) is 0.982. The fourth-order valence-corrected chi connectivity index (χ4v) is 1.75. The molecule has 1 aliphatic rings. The average Bonchev–Trinajstić information content (AvgIpc) is 2.27. The first kappa shape index (κ1) is 9.13. The van der Waals surface area contributed by atoms with Crippen molar-refractivity contribution < 1.29 is 4.74 Å². The molecular formula is C12H15NO. The number of hydrogen-bond donors (Lipinski definition) is 0. The highest BCUT2D eigenvalue weighted by molar-refractivity contribution is 5.64. The van der Waals surface area contributed by atoms with Crippen molar-refractivity contribution in [3.05, 3.63) is 30.3 Å². The van der Waals surface area contributed by atoms with E-state index in [0.29, 0.717) is 0 Å². The van der Waals surface area contributed by atoms with E-state index in [2.05, 4.69) is 30.5 Å². The zero-order chi connectivity index (χ0) is 9.97. The molecule has 0 radical (unpaired) electrons. The molecule has 0 N–H and O–H groups in total. The van der Waals surface area contributed by atoms with E-state index < -0.39 is 0 Å². The Morgan fingerprint density at radius 3 is 3.14 bits per heavy atom. The molecule has 2 heteroatoms. The molecule has 0 saturated carbocycles. The van der Waals surface area contributed by atoms with E-state index in [1.807, 2.05) is 12.1 Å². The largest absolute Gasteiger partial charge is 0.490 e. The molecule has 2 rings (SSSR count). The van der Waals surface area contributed by atoms with Crippen LogP contribution >= 0.6 is 0 Å². The zero-order valence-electron chi connectivity index (χ0n) is 8.49. The van der Waals surface area contributed by atoms with Crippen molar-refractivity contribution in [3.8, 4) is 5.75 Å². The third kappa shape index (κ3) is 1.48. The van der Waals surface area contributed by atoms with Crippen LogP contribution in [-0.2, 0) is 0 Å². The quantitative estimate of drug-likeness (QED) is 0.709. The summed E-state index contributed by atoms with van der Waals surface area (Å²) in [7, 11) is 0. The molecule has 1 aromatic carbocycles. The molecule has 1 aliphatic heterocycles. The maximum Gasteiger partial charge on any atom is 0.143 e. The lowest BCUT2D eigenvalue weighted by Gasteiger charge is -2.30. The van der Waals surface area contributed by atoms with E-state index in [0.717, 1.165) is 31.0 Å². The minimum Gasteiger partial charge on any atom is -0.490 e. The van der Waals surface area contributed by atoms with Gasteiger partial charge in [0, 0.05) is 6.54 Å². The number of ether oxygens (including phenoxy) is 1. The second-order valence-electron chi connectivity index (χ2n) is 3.36. The molecule has 0 saturated heterocycles. The zero-order valence-corrected chi connectivity index (χ0v) is 8.49. The summed E-state index contributed by atoms with van der Waals surface area (Å²) in [6.07, 6.45) is 1.84. The molecule has 0 spiro atoms. The smallest absolute Gasteiger partial charge is 0.143 e. The second kappa shape index (κ2) is 3.74. The van der Waals surface area contributed by atoms with Crippen LogP contribution in [0.1, 0.15) is 12.5 Å². The molecule has 0 aliphatic carbocycles. The minimum absolute atomic E-state index is 0.779. The number of benzene rings is 1. The minimum atomic E-state index is 0.779. The van der Waals surface area contributed by atoms with Gasteiger partial charge in [-0.25, -0.2) is 0 Å².